The van der Waals surface area contributed by atoms with E-state index in [1.165, 1.54) is 0 Å². The maximum atomic E-state index is 12.5. The van der Waals surface area contributed by atoms with Crippen molar-refractivity contribution in [1.29, 1.82) is 0 Å². The van der Waals surface area contributed by atoms with Crippen LogP contribution in [0.15, 0.2) is 59.1 Å². The molecule has 0 unspecified atom stereocenters. The Morgan fingerprint density at radius 2 is 1.75 bits per heavy atom. The fraction of sp³-hybridized carbons (Fsp3) is 0.286. The summed E-state index contributed by atoms with van der Waals surface area (Å²) in [5.41, 5.74) is 1.62. The van der Waals surface area contributed by atoms with E-state index in [2.05, 4.69) is 15.0 Å². The predicted octanol–water partition coefficient (Wildman–Crippen LogP) is 2.70. The molecule has 7 heteroatoms. The van der Waals surface area contributed by atoms with Gasteiger partial charge in [0.05, 0.1) is 13.7 Å². The number of ether oxygens (including phenoxy) is 1. The summed E-state index contributed by atoms with van der Waals surface area (Å²) in [5, 5.41) is 4.07. The second kappa shape index (κ2) is 8.22. The molecule has 0 radical (unpaired) electrons. The maximum absolute atomic E-state index is 12.5. The van der Waals surface area contributed by atoms with Crippen LogP contribution < -0.4 is 4.74 Å². The lowest BCUT2D eigenvalue weighted by Crippen LogP contribution is -2.48. The SMILES string of the molecule is COc1ccc(-c2noc(CN3CCN(C(=O)c4ccccc4)CC3)n2)cc1. The van der Waals surface area contributed by atoms with Gasteiger partial charge in [-0.2, -0.15) is 4.98 Å². The molecule has 0 aliphatic carbocycles. The van der Waals surface area contributed by atoms with Crippen molar-refractivity contribution in [2.75, 3.05) is 33.3 Å². The molecule has 4 rings (SSSR count). The van der Waals surface area contributed by atoms with Crippen LogP contribution in [0.3, 0.4) is 0 Å². The summed E-state index contributed by atoms with van der Waals surface area (Å²) in [6.45, 7) is 3.51. The van der Waals surface area contributed by atoms with Gasteiger partial charge in [-0.1, -0.05) is 23.4 Å². The first-order chi connectivity index (χ1) is 13.7. The first-order valence-electron chi connectivity index (χ1n) is 9.26. The third-order valence-electron chi connectivity index (χ3n) is 4.86. The average Bonchev–Trinajstić information content (AvgIpc) is 3.23. The minimum Gasteiger partial charge on any atom is -0.497 e. The molecule has 0 bridgehead atoms. The van der Waals surface area contributed by atoms with Crippen molar-refractivity contribution in [3.8, 4) is 17.1 Å². The lowest BCUT2D eigenvalue weighted by atomic mass is 10.2. The number of hydrogen-bond donors (Lipinski definition) is 0. The molecule has 1 aliphatic rings. The number of benzene rings is 2. The summed E-state index contributed by atoms with van der Waals surface area (Å²) in [5.74, 6) is 2.01. The van der Waals surface area contributed by atoms with E-state index in [4.69, 9.17) is 9.26 Å². The fourth-order valence-corrected chi connectivity index (χ4v) is 3.24. The van der Waals surface area contributed by atoms with Gasteiger partial charge in [0, 0.05) is 37.3 Å². The minimum atomic E-state index is 0.0832. The van der Waals surface area contributed by atoms with E-state index >= 15 is 0 Å². The molecule has 1 aromatic heterocycles. The van der Waals surface area contributed by atoms with Crippen LogP contribution in [-0.2, 0) is 6.54 Å². The third-order valence-corrected chi connectivity index (χ3v) is 4.86. The highest BCUT2D eigenvalue weighted by molar-refractivity contribution is 5.94. The van der Waals surface area contributed by atoms with Crippen LogP contribution in [0.4, 0.5) is 0 Å². The second-order valence-corrected chi connectivity index (χ2v) is 6.67. The smallest absolute Gasteiger partial charge is 0.253 e. The van der Waals surface area contributed by atoms with E-state index in [0.29, 0.717) is 31.3 Å². The topological polar surface area (TPSA) is 71.7 Å². The van der Waals surface area contributed by atoms with Crippen LogP contribution in [0, 0.1) is 0 Å². The van der Waals surface area contributed by atoms with Crippen molar-refractivity contribution < 1.29 is 14.1 Å². The van der Waals surface area contributed by atoms with Gasteiger partial charge >= 0.3 is 0 Å². The molecule has 28 heavy (non-hydrogen) atoms. The molecular weight excluding hydrogens is 356 g/mol. The Hall–Kier alpha value is -3.19. The fourth-order valence-electron chi connectivity index (χ4n) is 3.24. The summed E-state index contributed by atoms with van der Waals surface area (Å²) in [6.07, 6.45) is 0. The van der Waals surface area contributed by atoms with Crippen LogP contribution in [0.1, 0.15) is 16.2 Å². The van der Waals surface area contributed by atoms with E-state index in [1.54, 1.807) is 7.11 Å². The van der Waals surface area contributed by atoms with Gasteiger partial charge in [-0.3, -0.25) is 9.69 Å². The normalized spacial score (nSPS) is 14.8. The first kappa shape index (κ1) is 18.2. The minimum absolute atomic E-state index is 0.0832. The van der Waals surface area contributed by atoms with Gasteiger partial charge in [-0.05, 0) is 36.4 Å². The number of hydrogen-bond acceptors (Lipinski definition) is 6. The third kappa shape index (κ3) is 4.04. The van der Waals surface area contributed by atoms with Crippen molar-refractivity contribution >= 4 is 5.91 Å². The maximum Gasteiger partial charge on any atom is 0.253 e. The van der Waals surface area contributed by atoms with E-state index in [0.717, 1.165) is 30.0 Å². The Morgan fingerprint density at radius 1 is 1.04 bits per heavy atom. The monoisotopic (exact) mass is 378 g/mol. The molecule has 2 heterocycles. The van der Waals surface area contributed by atoms with Crippen molar-refractivity contribution in [2.45, 2.75) is 6.54 Å². The Labute approximate surface area is 163 Å². The lowest BCUT2D eigenvalue weighted by Gasteiger charge is -2.34. The van der Waals surface area contributed by atoms with Gasteiger partial charge in [0.2, 0.25) is 11.7 Å². The summed E-state index contributed by atoms with van der Waals surface area (Å²) in [6, 6.07) is 16.9. The molecule has 144 valence electrons. The summed E-state index contributed by atoms with van der Waals surface area (Å²) < 4.78 is 10.6. The van der Waals surface area contributed by atoms with Gasteiger partial charge in [-0.15, -0.1) is 0 Å². The van der Waals surface area contributed by atoms with Gasteiger partial charge in [-0.25, -0.2) is 0 Å². The Balaban J connectivity index is 1.32. The number of amides is 1. The van der Waals surface area contributed by atoms with E-state index < -0.39 is 0 Å². The number of piperazine rings is 1. The zero-order chi connectivity index (χ0) is 19.3. The number of nitrogens with zero attached hydrogens (tertiary/aromatic N) is 4. The number of carbonyl (C=O) groups is 1. The van der Waals surface area contributed by atoms with Gasteiger partial charge < -0.3 is 14.2 Å². The molecule has 7 nitrogen and oxygen atoms in total. The molecule has 0 atom stereocenters. The van der Waals surface area contributed by atoms with Crippen LogP contribution in [0.25, 0.3) is 11.4 Å². The van der Waals surface area contributed by atoms with Crippen molar-refractivity contribution in [2.24, 2.45) is 0 Å². The van der Waals surface area contributed by atoms with Gasteiger partial charge in [0.15, 0.2) is 0 Å². The average molecular weight is 378 g/mol. The van der Waals surface area contributed by atoms with E-state index in [9.17, 15) is 4.79 Å². The Bertz CT molecular complexity index is 916. The summed E-state index contributed by atoms with van der Waals surface area (Å²) in [4.78, 5) is 21.1. The molecule has 1 amide bonds. The van der Waals surface area contributed by atoms with Crippen LogP contribution in [0.2, 0.25) is 0 Å². The summed E-state index contributed by atoms with van der Waals surface area (Å²) >= 11 is 0. The van der Waals surface area contributed by atoms with Crippen LogP contribution in [-0.4, -0.2) is 59.1 Å². The van der Waals surface area contributed by atoms with E-state index in [1.807, 2.05) is 59.5 Å². The second-order valence-electron chi connectivity index (χ2n) is 6.67. The molecule has 1 saturated heterocycles. The van der Waals surface area contributed by atoms with Crippen LogP contribution in [0.5, 0.6) is 5.75 Å². The quantitative estimate of drug-likeness (QED) is 0.680. The molecule has 3 aromatic rings. The Kier molecular flexibility index (Phi) is 5.34. The molecule has 0 N–H and O–H groups in total. The molecule has 0 spiro atoms. The largest absolute Gasteiger partial charge is 0.497 e. The zero-order valence-electron chi connectivity index (χ0n) is 15.7. The van der Waals surface area contributed by atoms with Crippen LogP contribution >= 0.6 is 0 Å². The highest BCUT2D eigenvalue weighted by Crippen LogP contribution is 2.20. The lowest BCUT2D eigenvalue weighted by molar-refractivity contribution is 0.0615. The first-order valence-corrected chi connectivity index (χ1v) is 9.26. The number of aromatic nitrogens is 2. The summed E-state index contributed by atoms with van der Waals surface area (Å²) in [7, 11) is 1.63. The molecule has 1 fully saturated rings. The van der Waals surface area contributed by atoms with Gasteiger partial charge in [0.25, 0.3) is 5.91 Å². The highest BCUT2D eigenvalue weighted by atomic mass is 16.5. The molecule has 0 saturated carbocycles. The zero-order valence-corrected chi connectivity index (χ0v) is 15.7. The van der Waals surface area contributed by atoms with E-state index in [-0.39, 0.29) is 5.91 Å². The molecule has 2 aromatic carbocycles. The molecule has 1 aliphatic heterocycles. The van der Waals surface area contributed by atoms with Gasteiger partial charge in [0.1, 0.15) is 5.75 Å². The standard InChI is InChI=1S/C21H22N4O3/c1-27-18-9-7-16(8-10-18)20-22-19(28-23-20)15-24-11-13-25(14-12-24)21(26)17-5-3-2-4-6-17/h2-10H,11-15H2,1H3. The van der Waals surface area contributed by atoms with Crippen molar-refractivity contribution in [3.05, 3.63) is 66.1 Å². The predicted molar refractivity (Wildman–Crippen MR) is 104 cm³/mol. The Morgan fingerprint density at radius 3 is 2.43 bits per heavy atom. The number of methoxy groups -OCH3 is 1. The van der Waals surface area contributed by atoms with Crippen molar-refractivity contribution in [1.82, 2.24) is 19.9 Å². The highest BCUT2D eigenvalue weighted by Gasteiger charge is 2.23. The number of carbonyl (C=O) groups excluding carboxylic acids is 1. The molecular formula is C21H22N4O3. The van der Waals surface area contributed by atoms with Crippen molar-refractivity contribution in [3.63, 3.8) is 0 Å². The number of rotatable bonds is 5.